The van der Waals surface area contributed by atoms with E-state index in [1.54, 1.807) is 0 Å². The third-order valence-corrected chi connectivity index (χ3v) is 4.86. The van der Waals surface area contributed by atoms with Gasteiger partial charge in [-0.25, -0.2) is 0 Å². The molecule has 1 saturated heterocycles. The summed E-state index contributed by atoms with van der Waals surface area (Å²) in [6.07, 6.45) is 0. The molecule has 2 atom stereocenters. The molecule has 1 aliphatic rings. The van der Waals surface area contributed by atoms with Gasteiger partial charge in [-0.3, -0.25) is 9.69 Å². The van der Waals surface area contributed by atoms with Crippen LogP contribution < -0.4 is 20.5 Å². The first kappa shape index (κ1) is 23.0. The fraction of sp³-hybridized carbons (Fsp3) is 0.409. The number of rotatable bonds is 9. The van der Waals surface area contributed by atoms with Crippen LogP contribution in [0.15, 0.2) is 54.6 Å². The quantitative estimate of drug-likeness (QED) is 0.610. The molecule has 29 heavy (non-hydrogen) atoms. The van der Waals surface area contributed by atoms with E-state index in [1.807, 2.05) is 49.4 Å². The summed E-state index contributed by atoms with van der Waals surface area (Å²) in [6.45, 7) is 5.38. The summed E-state index contributed by atoms with van der Waals surface area (Å²) in [5.41, 5.74) is 7.53. The molecule has 0 saturated carbocycles. The molecule has 0 spiro atoms. The number of ether oxygens (including phenoxy) is 2. The fourth-order valence-electron chi connectivity index (χ4n) is 3.51. The number of halogens is 1. The van der Waals surface area contributed by atoms with Gasteiger partial charge in [-0.05, 0) is 36.8 Å². The Morgan fingerprint density at radius 2 is 1.72 bits per heavy atom. The molecular weight excluding hydrogens is 390 g/mol. The van der Waals surface area contributed by atoms with E-state index >= 15 is 0 Å². The van der Waals surface area contributed by atoms with Crippen molar-refractivity contribution < 1.29 is 14.3 Å². The normalized spacial score (nSPS) is 18.7. The number of benzene rings is 2. The van der Waals surface area contributed by atoms with Crippen LogP contribution in [0.4, 0.5) is 0 Å². The van der Waals surface area contributed by atoms with Gasteiger partial charge in [0.05, 0.1) is 19.7 Å². The van der Waals surface area contributed by atoms with E-state index in [4.69, 9.17) is 15.2 Å². The second kappa shape index (κ2) is 11.7. The summed E-state index contributed by atoms with van der Waals surface area (Å²) in [4.78, 5) is 14.3. The molecule has 1 amide bonds. The molecule has 1 fully saturated rings. The smallest absolute Gasteiger partial charge is 0.234 e. The first-order chi connectivity index (χ1) is 13.7. The van der Waals surface area contributed by atoms with Gasteiger partial charge in [0.25, 0.3) is 0 Å². The van der Waals surface area contributed by atoms with Gasteiger partial charge in [0.1, 0.15) is 18.1 Å². The second-order valence-electron chi connectivity index (χ2n) is 6.98. The van der Waals surface area contributed by atoms with Crippen LogP contribution in [-0.4, -0.2) is 56.2 Å². The van der Waals surface area contributed by atoms with E-state index < -0.39 is 0 Å². The monoisotopic (exact) mass is 419 g/mol. The number of likely N-dealkylation sites (tertiary alicyclic amines) is 1. The van der Waals surface area contributed by atoms with Crippen molar-refractivity contribution in [3.8, 4) is 11.5 Å². The molecule has 3 N–H and O–H groups in total. The minimum absolute atomic E-state index is 0. The maximum atomic E-state index is 12.2. The molecule has 1 heterocycles. The van der Waals surface area contributed by atoms with Crippen molar-refractivity contribution in [2.45, 2.75) is 18.9 Å². The molecule has 2 aromatic carbocycles. The second-order valence-corrected chi connectivity index (χ2v) is 6.98. The Balaban J connectivity index is 0.00000300. The molecule has 3 rings (SSSR count). The maximum Gasteiger partial charge on any atom is 0.234 e. The van der Waals surface area contributed by atoms with Crippen LogP contribution in [0.25, 0.3) is 0 Å². The third kappa shape index (κ3) is 6.92. The lowest BCUT2D eigenvalue weighted by atomic mass is 9.95. The highest BCUT2D eigenvalue weighted by molar-refractivity contribution is 5.85. The molecule has 158 valence electrons. The van der Waals surface area contributed by atoms with Crippen LogP contribution in [0.5, 0.6) is 11.5 Å². The van der Waals surface area contributed by atoms with Crippen molar-refractivity contribution in [3.63, 3.8) is 0 Å². The first-order valence-corrected chi connectivity index (χ1v) is 9.81. The van der Waals surface area contributed by atoms with Gasteiger partial charge in [-0.2, -0.15) is 0 Å². The highest BCUT2D eigenvalue weighted by atomic mass is 35.5. The van der Waals surface area contributed by atoms with Crippen LogP contribution in [0.3, 0.4) is 0 Å². The van der Waals surface area contributed by atoms with Crippen molar-refractivity contribution in [1.82, 2.24) is 10.2 Å². The number of nitrogens with one attached hydrogen (secondary N) is 1. The number of nitrogens with two attached hydrogens (primary N) is 1. The molecule has 0 aliphatic carbocycles. The number of hydrogen-bond donors (Lipinski definition) is 2. The Morgan fingerprint density at radius 3 is 2.38 bits per heavy atom. The topological polar surface area (TPSA) is 76.8 Å². The average molecular weight is 420 g/mol. The van der Waals surface area contributed by atoms with Gasteiger partial charge in [-0.15, -0.1) is 12.4 Å². The van der Waals surface area contributed by atoms with E-state index in [2.05, 4.69) is 22.3 Å². The Morgan fingerprint density at radius 1 is 1.07 bits per heavy atom. The summed E-state index contributed by atoms with van der Waals surface area (Å²) >= 11 is 0. The standard InChI is InChI=1S/C22H29N3O3.ClH/c1-2-27-18-8-10-19(11-9-18)28-13-12-24-22(26)16-25-14-20(21(23)15-25)17-6-4-3-5-7-17;/h3-11,20-21H,2,12-16,23H2,1H3,(H,24,26);1H/t20-,21+;/m0./s1. The lowest BCUT2D eigenvalue weighted by Gasteiger charge is -2.16. The third-order valence-electron chi connectivity index (χ3n) is 4.86. The van der Waals surface area contributed by atoms with Crippen molar-refractivity contribution in [2.75, 3.05) is 39.4 Å². The summed E-state index contributed by atoms with van der Waals surface area (Å²) in [5, 5.41) is 2.91. The van der Waals surface area contributed by atoms with Crippen molar-refractivity contribution >= 4 is 18.3 Å². The van der Waals surface area contributed by atoms with E-state index in [9.17, 15) is 4.79 Å². The van der Waals surface area contributed by atoms with Crippen LogP contribution in [0.2, 0.25) is 0 Å². The average Bonchev–Trinajstić information content (AvgIpc) is 3.07. The Labute approximate surface area is 178 Å². The molecule has 6 nitrogen and oxygen atoms in total. The predicted molar refractivity (Wildman–Crippen MR) is 117 cm³/mol. The minimum atomic E-state index is -0.00351. The van der Waals surface area contributed by atoms with Gasteiger partial charge in [0, 0.05) is 25.0 Å². The van der Waals surface area contributed by atoms with Crippen LogP contribution in [0.1, 0.15) is 18.4 Å². The fourth-order valence-corrected chi connectivity index (χ4v) is 3.51. The Kier molecular flexibility index (Phi) is 9.25. The molecule has 0 aromatic heterocycles. The zero-order valence-electron chi connectivity index (χ0n) is 16.8. The minimum Gasteiger partial charge on any atom is -0.494 e. The zero-order chi connectivity index (χ0) is 19.8. The molecule has 0 bridgehead atoms. The largest absolute Gasteiger partial charge is 0.494 e. The van der Waals surface area contributed by atoms with E-state index in [0.29, 0.717) is 26.3 Å². The number of hydrogen-bond acceptors (Lipinski definition) is 5. The van der Waals surface area contributed by atoms with E-state index in [0.717, 1.165) is 24.6 Å². The summed E-state index contributed by atoms with van der Waals surface area (Å²) < 4.78 is 11.0. The highest BCUT2D eigenvalue weighted by Crippen LogP contribution is 2.25. The summed E-state index contributed by atoms with van der Waals surface area (Å²) in [6, 6.07) is 17.8. The Hall–Kier alpha value is -2.28. The lowest BCUT2D eigenvalue weighted by Crippen LogP contribution is -2.38. The van der Waals surface area contributed by atoms with Gasteiger partial charge in [0.2, 0.25) is 5.91 Å². The first-order valence-electron chi connectivity index (χ1n) is 9.81. The molecule has 0 unspecified atom stereocenters. The SMILES string of the molecule is CCOc1ccc(OCCNC(=O)CN2C[C@@H](N)[C@H](c3ccccc3)C2)cc1.Cl. The number of carbonyl (C=O) groups is 1. The Bertz CT molecular complexity index is 743. The van der Waals surface area contributed by atoms with Gasteiger partial charge in [0.15, 0.2) is 0 Å². The molecular formula is C22H30ClN3O3. The van der Waals surface area contributed by atoms with E-state index in [1.165, 1.54) is 5.56 Å². The predicted octanol–water partition coefficient (Wildman–Crippen LogP) is 2.43. The highest BCUT2D eigenvalue weighted by Gasteiger charge is 2.31. The van der Waals surface area contributed by atoms with Gasteiger partial charge < -0.3 is 20.5 Å². The lowest BCUT2D eigenvalue weighted by molar-refractivity contribution is -0.122. The molecule has 0 radical (unpaired) electrons. The van der Waals surface area contributed by atoms with Crippen molar-refractivity contribution in [3.05, 3.63) is 60.2 Å². The van der Waals surface area contributed by atoms with Crippen LogP contribution in [0, 0.1) is 0 Å². The molecule has 2 aromatic rings. The molecule has 1 aliphatic heterocycles. The number of amides is 1. The molecule has 7 heteroatoms. The van der Waals surface area contributed by atoms with E-state index in [-0.39, 0.29) is 30.3 Å². The zero-order valence-corrected chi connectivity index (χ0v) is 17.6. The number of nitrogens with zero attached hydrogens (tertiary/aromatic N) is 1. The maximum absolute atomic E-state index is 12.2. The van der Waals surface area contributed by atoms with Crippen LogP contribution >= 0.6 is 12.4 Å². The van der Waals surface area contributed by atoms with Crippen LogP contribution in [-0.2, 0) is 4.79 Å². The summed E-state index contributed by atoms with van der Waals surface area (Å²) in [7, 11) is 0. The summed E-state index contributed by atoms with van der Waals surface area (Å²) in [5.74, 6) is 1.85. The number of carbonyl (C=O) groups excluding carboxylic acids is 1. The van der Waals surface area contributed by atoms with Crippen molar-refractivity contribution in [2.24, 2.45) is 5.73 Å². The van der Waals surface area contributed by atoms with Gasteiger partial charge >= 0.3 is 0 Å². The van der Waals surface area contributed by atoms with Gasteiger partial charge in [-0.1, -0.05) is 30.3 Å². The van der Waals surface area contributed by atoms with Crippen molar-refractivity contribution in [1.29, 1.82) is 0 Å².